The maximum Gasteiger partial charge on any atom is 0.322 e. The first kappa shape index (κ1) is 23.3. The molecule has 0 radical (unpaired) electrons. The van der Waals surface area contributed by atoms with Crippen LogP contribution in [0, 0.1) is 5.82 Å². The van der Waals surface area contributed by atoms with Crippen LogP contribution in [-0.2, 0) is 11.2 Å². The molecule has 4 N–H and O–H groups in total. The first-order valence-corrected chi connectivity index (χ1v) is 10.9. The lowest BCUT2D eigenvalue weighted by Crippen LogP contribution is -2.54. The predicted octanol–water partition coefficient (Wildman–Crippen LogP) is 1.69. The van der Waals surface area contributed by atoms with Gasteiger partial charge in [-0.1, -0.05) is 12.1 Å². The van der Waals surface area contributed by atoms with Crippen molar-refractivity contribution in [2.45, 2.75) is 12.5 Å². The molecule has 2 heterocycles. The van der Waals surface area contributed by atoms with Gasteiger partial charge in [-0.2, -0.15) is 0 Å². The van der Waals surface area contributed by atoms with E-state index in [2.05, 4.69) is 10.2 Å². The Bertz CT molecular complexity index is 1260. The van der Waals surface area contributed by atoms with Gasteiger partial charge in [-0.15, -0.1) is 0 Å². The van der Waals surface area contributed by atoms with Crippen LogP contribution in [0.2, 0.25) is 0 Å². The number of hydrogen-bond donors (Lipinski definition) is 3. The van der Waals surface area contributed by atoms with Gasteiger partial charge in [0, 0.05) is 37.8 Å². The van der Waals surface area contributed by atoms with Crippen LogP contribution < -0.4 is 16.6 Å². The SMILES string of the molecule is Nc1c(C(=O)c2ccc(F)cc2)ccc(=O)n1-c1ccc(CCN2CCNC(C(=O)O)C2)cc1. The van der Waals surface area contributed by atoms with E-state index >= 15 is 0 Å². The van der Waals surface area contributed by atoms with E-state index in [1.54, 1.807) is 12.1 Å². The van der Waals surface area contributed by atoms with Crippen molar-refractivity contribution in [2.24, 2.45) is 0 Å². The van der Waals surface area contributed by atoms with E-state index in [-0.39, 0.29) is 22.5 Å². The van der Waals surface area contributed by atoms with Crippen LogP contribution in [0.25, 0.3) is 5.69 Å². The number of nitrogen functional groups attached to an aromatic ring is 1. The number of nitrogens with two attached hydrogens (primary N) is 1. The number of nitrogens with zero attached hydrogens (tertiary/aromatic N) is 2. The highest BCUT2D eigenvalue weighted by Gasteiger charge is 2.24. The van der Waals surface area contributed by atoms with Gasteiger partial charge in [0.1, 0.15) is 17.7 Å². The summed E-state index contributed by atoms with van der Waals surface area (Å²) in [7, 11) is 0. The number of carbonyl (C=O) groups is 2. The fraction of sp³-hybridized carbons (Fsp3) is 0.240. The van der Waals surface area contributed by atoms with E-state index < -0.39 is 23.6 Å². The molecule has 3 aromatic rings. The molecule has 1 aliphatic heterocycles. The van der Waals surface area contributed by atoms with Crippen molar-refractivity contribution in [1.29, 1.82) is 0 Å². The van der Waals surface area contributed by atoms with Gasteiger partial charge in [0.2, 0.25) is 0 Å². The van der Waals surface area contributed by atoms with Gasteiger partial charge >= 0.3 is 5.97 Å². The van der Waals surface area contributed by atoms with Gasteiger partial charge in [0.25, 0.3) is 5.56 Å². The van der Waals surface area contributed by atoms with Crippen LogP contribution in [0.4, 0.5) is 10.2 Å². The number of pyridine rings is 1. The molecule has 1 unspecified atom stereocenters. The Morgan fingerprint density at radius 1 is 1.06 bits per heavy atom. The quantitative estimate of drug-likeness (QED) is 0.456. The van der Waals surface area contributed by atoms with Crippen LogP contribution in [0.15, 0.2) is 65.5 Å². The molecule has 1 aliphatic rings. The molecular weight excluding hydrogens is 439 g/mol. The zero-order chi connectivity index (χ0) is 24.2. The van der Waals surface area contributed by atoms with Gasteiger partial charge in [0.15, 0.2) is 5.78 Å². The molecule has 4 rings (SSSR count). The topological polar surface area (TPSA) is 118 Å². The molecule has 1 saturated heterocycles. The number of aromatic nitrogens is 1. The van der Waals surface area contributed by atoms with Crippen molar-refractivity contribution >= 4 is 17.6 Å². The summed E-state index contributed by atoms with van der Waals surface area (Å²) < 4.78 is 14.5. The Hall–Kier alpha value is -3.82. The Labute approximate surface area is 195 Å². The summed E-state index contributed by atoms with van der Waals surface area (Å²) in [4.78, 5) is 38.7. The Kier molecular flexibility index (Phi) is 6.85. The maximum atomic E-state index is 13.2. The molecule has 0 bridgehead atoms. The van der Waals surface area contributed by atoms with Gasteiger partial charge in [-0.3, -0.25) is 23.9 Å². The molecule has 0 aliphatic carbocycles. The second-order valence-corrected chi connectivity index (χ2v) is 8.20. The molecule has 0 amide bonds. The minimum Gasteiger partial charge on any atom is -0.480 e. The third kappa shape index (κ3) is 5.05. The highest BCUT2D eigenvalue weighted by atomic mass is 19.1. The molecule has 1 aromatic heterocycles. The molecule has 1 fully saturated rings. The van der Waals surface area contributed by atoms with Crippen LogP contribution in [0.5, 0.6) is 0 Å². The van der Waals surface area contributed by atoms with Crippen molar-refractivity contribution in [2.75, 3.05) is 31.9 Å². The number of hydrogen-bond acceptors (Lipinski definition) is 6. The van der Waals surface area contributed by atoms with Crippen molar-refractivity contribution in [3.05, 3.63) is 93.5 Å². The second-order valence-electron chi connectivity index (χ2n) is 8.20. The number of carboxylic acids is 1. The number of halogens is 1. The van der Waals surface area contributed by atoms with Gasteiger partial charge in [-0.05, 0) is 54.4 Å². The summed E-state index contributed by atoms with van der Waals surface area (Å²) in [6.45, 7) is 2.58. The molecule has 176 valence electrons. The lowest BCUT2D eigenvalue weighted by atomic mass is 10.0. The lowest BCUT2D eigenvalue weighted by Gasteiger charge is -2.31. The van der Waals surface area contributed by atoms with E-state index in [4.69, 9.17) is 5.73 Å². The van der Waals surface area contributed by atoms with Crippen LogP contribution in [-0.4, -0.2) is 58.5 Å². The number of nitrogens with one attached hydrogen (secondary N) is 1. The van der Waals surface area contributed by atoms with Crippen molar-refractivity contribution in [3.8, 4) is 5.69 Å². The largest absolute Gasteiger partial charge is 0.480 e. The molecule has 2 aromatic carbocycles. The van der Waals surface area contributed by atoms with Crippen molar-refractivity contribution in [3.63, 3.8) is 0 Å². The maximum absolute atomic E-state index is 13.2. The summed E-state index contributed by atoms with van der Waals surface area (Å²) in [5, 5.41) is 12.2. The van der Waals surface area contributed by atoms with Gasteiger partial charge in [-0.25, -0.2) is 4.39 Å². The molecule has 34 heavy (non-hydrogen) atoms. The normalized spacial score (nSPS) is 16.3. The Morgan fingerprint density at radius 3 is 2.44 bits per heavy atom. The summed E-state index contributed by atoms with van der Waals surface area (Å²) >= 11 is 0. The standard InChI is InChI=1S/C25H25FN4O4/c26-18-5-3-17(4-6-18)23(32)20-9-10-22(31)30(24(20)27)19-7-1-16(2-8-19)11-13-29-14-12-28-21(15-29)25(33)34/h1-10,21,28H,11-15,27H2,(H,33,34). The van der Waals surface area contributed by atoms with Crippen LogP contribution in [0.3, 0.4) is 0 Å². The number of anilines is 1. The number of aliphatic carboxylic acids is 1. The number of rotatable bonds is 7. The summed E-state index contributed by atoms with van der Waals surface area (Å²) in [5.41, 5.74) is 7.82. The minimum absolute atomic E-state index is 0.00936. The number of piperazine rings is 1. The number of carboxylic acid groups (broad SMARTS) is 1. The molecule has 0 saturated carbocycles. The number of benzene rings is 2. The van der Waals surface area contributed by atoms with Crippen LogP contribution >= 0.6 is 0 Å². The zero-order valence-electron chi connectivity index (χ0n) is 18.4. The third-order valence-corrected chi connectivity index (χ3v) is 5.95. The second kappa shape index (κ2) is 9.98. The fourth-order valence-corrected chi connectivity index (χ4v) is 4.05. The van der Waals surface area contributed by atoms with E-state index in [1.807, 2.05) is 12.1 Å². The first-order valence-electron chi connectivity index (χ1n) is 10.9. The van der Waals surface area contributed by atoms with E-state index in [1.165, 1.54) is 41.0 Å². The molecule has 1 atom stereocenters. The van der Waals surface area contributed by atoms with E-state index in [0.717, 1.165) is 18.5 Å². The summed E-state index contributed by atoms with van der Waals surface area (Å²) in [6, 6.07) is 14.5. The highest BCUT2D eigenvalue weighted by Crippen LogP contribution is 2.20. The van der Waals surface area contributed by atoms with Crippen molar-refractivity contribution < 1.29 is 19.1 Å². The zero-order valence-corrected chi connectivity index (χ0v) is 18.4. The number of ketones is 1. The third-order valence-electron chi connectivity index (χ3n) is 5.95. The molecular formula is C25H25FN4O4. The average Bonchev–Trinajstić information content (AvgIpc) is 2.84. The fourth-order valence-electron chi connectivity index (χ4n) is 4.05. The van der Waals surface area contributed by atoms with E-state index in [9.17, 15) is 23.9 Å². The van der Waals surface area contributed by atoms with E-state index in [0.29, 0.717) is 25.3 Å². The summed E-state index contributed by atoms with van der Waals surface area (Å²) in [5.74, 6) is -1.70. The lowest BCUT2D eigenvalue weighted by molar-refractivity contribution is -0.140. The monoisotopic (exact) mass is 464 g/mol. The Morgan fingerprint density at radius 2 is 1.76 bits per heavy atom. The molecule has 8 nitrogen and oxygen atoms in total. The number of carbonyl (C=O) groups excluding carboxylic acids is 1. The molecule has 0 spiro atoms. The first-order chi connectivity index (χ1) is 16.3. The van der Waals surface area contributed by atoms with Crippen molar-refractivity contribution in [1.82, 2.24) is 14.8 Å². The van der Waals surface area contributed by atoms with Crippen LogP contribution in [0.1, 0.15) is 21.5 Å². The van der Waals surface area contributed by atoms with Gasteiger partial charge < -0.3 is 16.2 Å². The Balaban J connectivity index is 1.50. The average molecular weight is 464 g/mol. The molecule has 9 heteroatoms. The predicted molar refractivity (Wildman–Crippen MR) is 126 cm³/mol. The summed E-state index contributed by atoms with van der Waals surface area (Å²) in [6.07, 6.45) is 0.722. The smallest absolute Gasteiger partial charge is 0.322 e. The minimum atomic E-state index is -0.850. The highest BCUT2D eigenvalue weighted by molar-refractivity contribution is 6.11. The van der Waals surface area contributed by atoms with Gasteiger partial charge in [0.05, 0.1) is 11.3 Å².